The average molecular weight is 265 g/mol. The van der Waals surface area contributed by atoms with E-state index in [4.69, 9.17) is 0 Å². The van der Waals surface area contributed by atoms with Gasteiger partial charge in [0.25, 0.3) is 0 Å². The lowest BCUT2D eigenvalue weighted by molar-refractivity contribution is 0.203. The normalized spacial score (nSPS) is 21.1. The van der Waals surface area contributed by atoms with Gasteiger partial charge in [-0.1, -0.05) is 6.92 Å². The number of aromatic amines is 1. The van der Waals surface area contributed by atoms with Crippen LogP contribution in [0, 0.1) is 11.6 Å². The standard InChI is InChI=1S/C13H15F2N4/c1-2-19-4-3-16-12(7-19)13-17-10-5-8(14)9(15)6-11(10)18-13/h5-6,12H,2-4,7H2,1H3,(H,17,18). The fourth-order valence-electron chi connectivity index (χ4n) is 2.39. The molecule has 1 N–H and O–H groups in total. The Bertz CT molecular complexity index is 557. The Morgan fingerprint density at radius 1 is 1.37 bits per heavy atom. The molecule has 1 aliphatic rings. The molecule has 1 aromatic carbocycles. The summed E-state index contributed by atoms with van der Waals surface area (Å²) in [6.07, 6.45) is 0. The number of hydrogen-bond acceptors (Lipinski definition) is 2. The molecule has 3 rings (SSSR count). The van der Waals surface area contributed by atoms with Crippen molar-refractivity contribution in [1.82, 2.24) is 20.2 Å². The minimum Gasteiger partial charge on any atom is -0.340 e. The second kappa shape index (κ2) is 4.86. The van der Waals surface area contributed by atoms with Crippen LogP contribution < -0.4 is 5.32 Å². The van der Waals surface area contributed by atoms with Gasteiger partial charge in [0.05, 0.1) is 17.1 Å². The average Bonchev–Trinajstić information content (AvgIpc) is 2.82. The van der Waals surface area contributed by atoms with Crippen LogP contribution in [-0.4, -0.2) is 41.0 Å². The van der Waals surface area contributed by atoms with Crippen molar-refractivity contribution >= 4 is 11.0 Å². The fourth-order valence-corrected chi connectivity index (χ4v) is 2.39. The van der Waals surface area contributed by atoms with E-state index in [1.807, 2.05) is 0 Å². The molecular weight excluding hydrogens is 250 g/mol. The highest BCUT2D eigenvalue weighted by Crippen LogP contribution is 2.21. The number of halogens is 2. The molecular formula is C13H15F2N4. The maximum Gasteiger partial charge on any atom is 0.161 e. The van der Waals surface area contributed by atoms with E-state index in [9.17, 15) is 8.78 Å². The molecule has 101 valence electrons. The van der Waals surface area contributed by atoms with E-state index < -0.39 is 11.6 Å². The van der Waals surface area contributed by atoms with E-state index >= 15 is 0 Å². The minimum absolute atomic E-state index is 0.0489. The molecule has 1 fully saturated rings. The van der Waals surface area contributed by atoms with Crippen LogP contribution in [0.3, 0.4) is 0 Å². The van der Waals surface area contributed by atoms with E-state index in [1.165, 1.54) is 0 Å². The van der Waals surface area contributed by atoms with Crippen molar-refractivity contribution in [3.05, 3.63) is 29.6 Å². The molecule has 19 heavy (non-hydrogen) atoms. The number of nitrogens with one attached hydrogen (secondary N) is 1. The van der Waals surface area contributed by atoms with Crippen LogP contribution in [0.15, 0.2) is 12.1 Å². The van der Waals surface area contributed by atoms with Gasteiger partial charge in [-0.15, -0.1) is 0 Å². The Hall–Kier alpha value is -1.53. The molecule has 1 unspecified atom stereocenters. The van der Waals surface area contributed by atoms with E-state index in [1.54, 1.807) is 0 Å². The topological polar surface area (TPSA) is 46.0 Å². The van der Waals surface area contributed by atoms with Crippen LogP contribution in [0.4, 0.5) is 8.78 Å². The monoisotopic (exact) mass is 265 g/mol. The molecule has 0 amide bonds. The number of piperazine rings is 1. The minimum atomic E-state index is -0.874. The molecule has 0 saturated carbocycles. The summed E-state index contributed by atoms with van der Waals surface area (Å²) in [6, 6.07) is 2.21. The molecule has 2 heterocycles. The van der Waals surface area contributed by atoms with E-state index in [-0.39, 0.29) is 6.04 Å². The second-order valence-electron chi connectivity index (χ2n) is 4.72. The van der Waals surface area contributed by atoms with Gasteiger partial charge in [-0.3, -0.25) is 0 Å². The number of aromatic nitrogens is 2. The Morgan fingerprint density at radius 3 is 2.95 bits per heavy atom. The lowest BCUT2D eigenvalue weighted by Gasteiger charge is -2.30. The van der Waals surface area contributed by atoms with Gasteiger partial charge in [-0.2, -0.15) is 0 Å². The summed E-state index contributed by atoms with van der Waals surface area (Å²) in [5.74, 6) is -1.06. The molecule has 0 bridgehead atoms. The first-order chi connectivity index (χ1) is 9.17. The third-order valence-corrected chi connectivity index (χ3v) is 3.50. The van der Waals surface area contributed by atoms with Crippen LogP contribution in [-0.2, 0) is 0 Å². The second-order valence-corrected chi connectivity index (χ2v) is 4.72. The lowest BCUT2D eigenvalue weighted by atomic mass is 10.2. The van der Waals surface area contributed by atoms with Gasteiger partial charge in [0.15, 0.2) is 11.6 Å². The molecule has 1 aliphatic heterocycles. The number of H-pyrrole nitrogens is 1. The van der Waals surface area contributed by atoms with Crippen molar-refractivity contribution in [1.29, 1.82) is 0 Å². The Balaban J connectivity index is 1.92. The Morgan fingerprint density at radius 2 is 2.16 bits per heavy atom. The number of benzene rings is 1. The lowest BCUT2D eigenvalue weighted by Crippen LogP contribution is -2.42. The zero-order valence-electron chi connectivity index (χ0n) is 10.7. The van der Waals surface area contributed by atoms with Crippen molar-refractivity contribution in [2.45, 2.75) is 13.0 Å². The van der Waals surface area contributed by atoms with E-state index in [0.717, 1.165) is 38.3 Å². The number of nitrogens with zero attached hydrogens (tertiary/aromatic N) is 3. The number of rotatable bonds is 2. The maximum atomic E-state index is 13.2. The molecule has 1 saturated heterocycles. The third kappa shape index (κ3) is 2.33. The summed E-state index contributed by atoms with van der Waals surface area (Å²) in [6.45, 7) is 5.58. The van der Waals surface area contributed by atoms with E-state index in [2.05, 4.69) is 27.1 Å². The predicted molar refractivity (Wildman–Crippen MR) is 67.9 cm³/mol. The summed E-state index contributed by atoms with van der Waals surface area (Å²) in [5.41, 5.74) is 0.954. The summed E-state index contributed by atoms with van der Waals surface area (Å²) in [7, 11) is 0. The number of hydrogen-bond donors (Lipinski definition) is 1. The highest BCUT2D eigenvalue weighted by Gasteiger charge is 2.23. The SMILES string of the molecule is CCN1CC[N]C(c2nc3cc(F)c(F)cc3[nH]2)C1. The zero-order valence-corrected chi connectivity index (χ0v) is 10.7. The van der Waals surface area contributed by atoms with Gasteiger partial charge in [0.2, 0.25) is 0 Å². The Kier molecular flexibility index (Phi) is 3.20. The first-order valence-corrected chi connectivity index (χ1v) is 6.41. The van der Waals surface area contributed by atoms with Crippen LogP contribution in [0.2, 0.25) is 0 Å². The number of likely N-dealkylation sites (N-methyl/N-ethyl adjacent to an activating group) is 1. The largest absolute Gasteiger partial charge is 0.340 e. The fraction of sp³-hybridized carbons (Fsp3) is 0.462. The van der Waals surface area contributed by atoms with E-state index in [0.29, 0.717) is 16.9 Å². The van der Waals surface area contributed by atoms with Gasteiger partial charge in [0.1, 0.15) is 5.82 Å². The summed E-state index contributed by atoms with van der Waals surface area (Å²) < 4.78 is 26.3. The van der Waals surface area contributed by atoms with Gasteiger partial charge in [0, 0.05) is 31.8 Å². The van der Waals surface area contributed by atoms with Crippen LogP contribution in [0.1, 0.15) is 18.8 Å². The third-order valence-electron chi connectivity index (χ3n) is 3.50. The molecule has 4 nitrogen and oxygen atoms in total. The van der Waals surface area contributed by atoms with Gasteiger partial charge >= 0.3 is 0 Å². The zero-order chi connectivity index (χ0) is 13.4. The molecule has 1 aromatic heterocycles. The highest BCUT2D eigenvalue weighted by atomic mass is 19.2. The molecule has 1 radical (unpaired) electrons. The molecule has 0 aliphatic carbocycles. The smallest absolute Gasteiger partial charge is 0.161 e. The van der Waals surface area contributed by atoms with Crippen molar-refractivity contribution in [2.75, 3.05) is 26.2 Å². The molecule has 1 atom stereocenters. The number of imidazole rings is 1. The number of fused-ring (bicyclic) bond motifs is 1. The highest BCUT2D eigenvalue weighted by molar-refractivity contribution is 5.75. The maximum absolute atomic E-state index is 13.2. The van der Waals surface area contributed by atoms with Gasteiger partial charge in [-0.25, -0.2) is 19.1 Å². The van der Waals surface area contributed by atoms with Crippen molar-refractivity contribution < 1.29 is 8.78 Å². The van der Waals surface area contributed by atoms with Crippen LogP contribution >= 0.6 is 0 Å². The first kappa shape index (κ1) is 12.5. The summed E-state index contributed by atoms with van der Waals surface area (Å²) in [4.78, 5) is 9.65. The van der Waals surface area contributed by atoms with Crippen molar-refractivity contribution in [2.24, 2.45) is 0 Å². The Labute approximate surface area is 109 Å². The first-order valence-electron chi connectivity index (χ1n) is 6.41. The summed E-state index contributed by atoms with van der Waals surface area (Å²) >= 11 is 0. The quantitative estimate of drug-likeness (QED) is 0.900. The van der Waals surface area contributed by atoms with Crippen molar-refractivity contribution in [3.63, 3.8) is 0 Å². The van der Waals surface area contributed by atoms with Crippen LogP contribution in [0.5, 0.6) is 0 Å². The van der Waals surface area contributed by atoms with Crippen molar-refractivity contribution in [3.8, 4) is 0 Å². The van der Waals surface area contributed by atoms with Crippen LogP contribution in [0.25, 0.3) is 11.0 Å². The molecule has 2 aromatic rings. The predicted octanol–water partition coefficient (Wildman–Crippen LogP) is 1.82. The molecule has 6 heteroatoms. The molecule has 0 spiro atoms. The van der Waals surface area contributed by atoms with Gasteiger partial charge in [-0.05, 0) is 6.54 Å². The van der Waals surface area contributed by atoms with Gasteiger partial charge < -0.3 is 9.88 Å². The summed E-state index contributed by atoms with van der Waals surface area (Å²) in [5, 5.41) is 4.52.